The molecule has 0 saturated carbocycles. The summed E-state index contributed by atoms with van der Waals surface area (Å²) >= 11 is 0. The normalized spacial score (nSPS) is 27.7. The Morgan fingerprint density at radius 3 is 2.79 bits per heavy atom. The Hall–Kier alpha value is -1.06. The number of anilines is 1. The minimum atomic E-state index is 0.263. The zero-order valence-corrected chi connectivity index (χ0v) is 12.2. The molecular weight excluding hydrogens is 234 g/mol. The van der Waals surface area contributed by atoms with E-state index in [0.717, 1.165) is 31.7 Å². The summed E-state index contributed by atoms with van der Waals surface area (Å²) in [7, 11) is 0. The fourth-order valence-electron chi connectivity index (χ4n) is 3.63. The average molecular weight is 259 g/mol. The van der Waals surface area contributed by atoms with Crippen molar-refractivity contribution in [3.05, 3.63) is 29.3 Å². The summed E-state index contributed by atoms with van der Waals surface area (Å²) in [5.74, 6) is 0. The molecule has 3 nitrogen and oxygen atoms in total. The van der Waals surface area contributed by atoms with Crippen LogP contribution < -0.4 is 11.1 Å². The fraction of sp³-hybridized carbons (Fsp3) is 0.625. The summed E-state index contributed by atoms with van der Waals surface area (Å²) in [6, 6.07) is 7.47. The van der Waals surface area contributed by atoms with Gasteiger partial charge in [-0.15, -0.1) is 0 Å². The second kappa shape index (κ2) is 4.50. The Labute approximate surface area is 116 Å². The summed E-state index contributed by atoms with van der Waals surface area (Å²) in [6.45, 7) is 10.4. The molecule has 1 fully saturated rings. The highest BCUT2D eigenvalue weighted by Gasteiger charge is 2.41. The van der Waals surface area contributed by atoms with Gasteiger partial charge in [0.05, 0.1) is 6.04 Å². The fourth-order valence-corrected chi connectivity index (χ4v) is 3.63. The highest BCUT2D eigenvalue weighted by Crippen LogP contribution is 2.40. The van der Waals surface area contributed by atoms with Crippen molar-refractivity contribution in [1.29, 1.82) is 0 Å². The van der Waals surface area contributed by atoms with E-state index in [1.165, 1.54) is 11.1 Å². The zero-order chi connectivity index (χ0) is 13.6. The van der Waals surface area contributed by atoms with Crippen molar-refractivity contribution in [3.8, 4) is 0 Å². The number of hydrogen-bond acceptors (Lipinski definition) is 3. The van der Waals surface area contributed by atoms with E-state index in [1.54, 1.807) is 0 Å². The molecule has 1 unspecified atom stereocenters. The van der Waals surface area contributed by atoms with Crippen molar-refractivity contribution in [2.75, 3.05) is 25.4 Å². The van der Waals surface area contributed by atoms with Crippen LogP contribution in [0.5, 0.6) is 0 Å². The van der Waals surface area contributed by atoms with Crippen molar-refractivity contribution in [2.24, 2.45) is 5.41 Å². The molecule has 0 bridgehead atoms. The van der Waals surface area contributed by atoms with Crippen LogP contribution in [0.15, 0.2) is 18.2 Å². The first-order chi connectivity index (χ1) is 8.97. The quantitative estimate of drug-likeness (QED) is 0.702. The highest BCUT2D eigenvalue weighted by molar-refractivity contribution is 5.47. The maximum absolute atomic E-state index is 5.94. The van der Waals surface area contributed by atoms with Crippen LogP contribution in [-0.4, -0.2) is 30.6 Å². The summed E-state index contributed by atoms with van der Waals surface area (Å²) in [4.78, 5) is 2.64. The number of nitrogens with zero attached hydrogens (tertiary/aromatic N) is 1. The highest BCUT2D eigenvalue weighted by atomic mass is 15.2. The molecule has 0 aliphatic carbocycles. The van der Waals surface area contributed by atoms with Crippen molar-refractivity contribution >= 4 is 5.69 Å². The van der Waals surface area contributed by atoms with E-state index in [9.17, 15) is 0 Å². The molecular formula is C16H25N3. The first kappa shape index (κ1) is 12.9. The third-order valence-electron chi connectivity index (χ3n) is 4.56. The summed E-state index contributed by atoms with van der Waals surface area (Å²) in [5.41, 5.74) is 10.0. The number of rotatable bonds is 0. The lowest BCUT2D eigenvalue weighted by molar-refractivity contribution is 0.0581. The molecule has 1 aromatic rings. The largest absolute Gasteiger partial charge is 0.399 e. The van der Waals surface area contributed by atoms with Crippen molar-refractivity contribution < 1.29 is 0 Å². The van der Waals surface area contributed by atoms with Gasteiger partial charge in [0.25, 0.3) is 0 Å². The topological polar surface area (TPSA) is 41.3 Å². The molecule has 3 heteroatoms. The smallest absolute Gasteiger partial charge is 0.0509 e. The molecule has 3 N–H and O–H groups in total. The molecule has 19 heavy (non-hydrogen) atoms. The van der Waals surface area contributed by atoms with Gasteiger partial charge in [0.1, 0.15) is 0 Å². The van der Waals surface area contributed by atoms with E-state index >= 15 is 0 Å². The molecule has 1 aromatic carbocycles. The lowest BCUT2D eigenvalue weighted by Gasteiger charge is -2.50. The number of nitrogens with one attached hydrogen (secondary N) is 1. The molecule has 104 valence electrons. The van der Waals surface area contributed by atoms with Gasteiger partial charge in [0.2, 0.25) is 0 Å². The van der Waals surface area contributed by atoms with Crippen LogP contribution in [0.25, 0.3) is 0 Å². The van der Waals surface area contributed by atoms with Gasteiger partial charge in [-0.3, -0.25) is 4.90 Å². The number of benzene rings is 1. The lowest BCUT2D eigenvalue weighted by atomic mass is 9.75. The number of fused-ring (bicyclic) bond motifs is 3. The molecule has 3 rings (SSSR count). The Bertz CT molecular complexity index is 475. The molecule has 2 heterocycles. The molecule has 0 amide bonds. The Balaban J connectivity index is 2.03. The molecule has 0 radical (unpaired) electrons. The van der Waals surface area contributed by atoms with E-state index in [0.29, 0.717) is 12.1 Å². The van der Waals surface area contributed by atoms with E-state index in [4.69, 9.17) is 5.73 Å². The first-order valence-corrected chi connectivity index (χ1v) is 7.32. The van der Waals surface area contributed by atoms with Crippen LogP contribution >= 0.6 is 0 Å². The maximum atomic E-state index is 5.94. The monoisotopic (exact) mass is 259 g/mol. The molecule has 1 saturated heterocycles. The number of piperazine rings is 1. The number of hydrogen-bond donors (Lipinski definition) is 2. The minimum Gasteiger partial charge on any atom is -0.399 e. The summed E-state index contributed by atoms with van der Waals surface area (Å²) in [6.07, 6.45) is 1.13. The predicted molar refractivity (Wildman–Crippen MR) is 80.1 cm³/mol. The first-order valence-electron chi connectivity index (χ1n) is 7.32. The SMILES string of the molecule is CC(C)(C)C1NCCN2CCc3cc(N)ccc3[C@H]12. The molecule has 0 aromatic heterocycles. The van der Waals surface area contributed by atoms with Gasteiger partial charge in [0.15, 0.2) is 0 Å². The standard InChI is InChI=1S/C16H25N3/c1-16(2,3)15-14-13-5-4-12(17)10-11(13)6-8-19(14)9-7-18-15/h4-5,10,14-15,18H,6-9,17H2,1-3H3/t14-,15?/m1/s1. The van der Waals surface area contributed by atoms with Gasteiger partial charge in [0, 0.05) is 31.4 Å². The minimum absolute atomic E-state index is 0.263. The molecule has 2 aliphatic heterocycles. The van der Waals surface area contributed by atoms with Crippen LogP contribution in [0, 0.1) is 5.41 Å². The lowest BCUT2D eigenvalue weighted by Crippen LogP contribution is -2.59. The van der Waals surface area contributed by atoms with Crippen molar-refractivity contribution in [1.82, 2.24) is 10.2 Å². The van der Waals surface area contributed by atoms with Crippen molar-refractivity contribution in [2.45, 2.75) is 39.3 Å². The third kappa shape index (κ3) is 2.26. The van der Waals surface area contributed by atoms with Crippen LogP contribution in [0.4, 0.5) is 5.69 Å². The Morgan fingerprint density at radius 2 is 2.05 bits per heavy atom. The van der Waals surface area contributed by atoms with Gasteiger partial charge >= 0.3 is 0 Å². The second-order valence-corrected chi connectivity index (χ2v) is 6.99. The Morgan fingerprint density at radius 1 is 1.26 bits per heavy atom. The van der Waals surface area contributed by atoms with Crippen LogP contribution in [0.3, 0.4) is 0 Å². The van der Waals surface area contributed by atoms with E-state index in [2.05, 4.69) is 49.2 Å². The van der Waals surface area contributed by atoms with Gasteiger partial charge < -0.3 is 11.1 Å². The average Bonchev–Trinajstić information content (AvgIpc) is 2.36. The van der Waals surface area contributed by atoms with Gasteiger partial charge in [-0.2, -0.15) is 0 Å². The van der Waals surface area contributed by atoms with Crippen LogP contribution in [0.1, 0.15) is 37.9 Å². The maximum Gasteiger partial charge on any atom is 0.0509 e. The second-order valence-electron chi connectivity index (χ2n) is 6.99. The van der Waals surface area contributed by atoms with Crippen LogP contribution in [0.2, 0.25) is 0 Å². The molecule has 0 spiro atoms. The molecule has 2 atom stereocenters. The third-order valence-corrected chi connectivity index (χ3v) is 4.56. The summed E-state index contributed by atoms with van der Waals surface area (Å²) < 4.78 is 0. The van der Waals surface area contributed by atoms with Crippen LogP contribution in [-0.2, 0) is 6.42 Å². The van der Waals surface area contributed by atoms with Gasteiger partial charge in [-0.05, 0) is 35.1 Å². The predicted octanol–water partition coefficient (Wildman–Crippen LogP) is 2.19. The summed E-state index contributed by atoms with van der Waals surface area (Å²) in [5, 5.41) is 3.74. The van der Waals surface area contributed by atoms with E-state index < -0.39 is 0 Å². The van der Waals surface area contributed by atoms with Gasteiger partial charge in [-0.1, -0.05) is 26.8 Å². The van der Waals surface area contributed by atoms with E-state index in [-0.39, 0.29) is 5.41 Å². The van der Waals surface area contributed by atoms with Gasteiger partial charge in [-0.25, -0.2) is 0 Å². The zero-order valence-electron chi connectivity index (χ0n) is 12.2. The number of nitrogens with two attached hydrogens (primary N) is 1. The van der Waals surface area contributed by atoms with E-state index in [1.807, 2.05) is 0 Å². The number of nitrogen functional groups attached to an aromatic ring is 1. The molecule has 2 aliphatic rings. The Kier molecular flexibility index (Phi) is 3.06. The van der Waals surface area contributed by atoms with Crippen molar-refractivity contribution in [3.63, 3.8) is 0 Å².